The van der Waals surface area contributed by atoms with Crippen LogP contribution >= 0.6 is 0 Å². The number of rotatable bonds is 6. The van der Waals surface area contributed by atoms with Gasteiger partial charge in [0.05, 0.1) is 19.8 Å². The summed E-state index contributed by atoms with van der Waals surface area (Å²) < 4.78 is 11.0. The van der Waals surface area contributed by atoms with Gasteiger partial charge in [-0.1, -0.05) is 0 Å². The molecule has 24 heavy (non-hydrogen) atoms. The Balaban J connectivity index is 1.36. The first-order valence-electron chi connectivity index (χ1n) is 9.04. The van der Waals surface area contributed by atoms with Crippen molar-refractivity contribution in [1.29, 1.82) is 0 Å². The lowest BCUT2D eigenvalue weighted by Crippen LogP contribution is -2.52. The fraction of sp³-hybridized carbons (Fsp3) is 0.765. The zero-order valence-electron chi connectivity index (χ0n) is 14.0. The van der Waals surface area contributed by atoms with Gasteiger partial charge in [-0.3, -0.25) is 14.8 Å². The number of hydrogen-bond acceptors (Lipinski definition) is 5. The standard InChI is InChI=1S/C17H26N4O3/c22-17(15-9-14(19-20-15)12-1-2-12)18-10-16(13-3-6-24-11-13)21-4-7-23-8-5-21/h9,12-13,16H,1-8,10-11H2,(H,18,22)(H,19,20)/t13-,16-/m1/s1. The molecule has 3 aliphatic rings. The van der Waals surface area contributed by atoms with Gasteiger partial charge in [0.1, 0.15) is 5.69 Å². The highest BCUT2D eigenvalue weighted by atomic mass is 16.5. The predicted octanol–water partition coefficient (Wildman–Crippen LogP) is 0.754. The molecule has 0 aromatic carbocycles. The number of nitrogens with zero attached hydrogens (tertiary/aromatic N) is 2. The fourth-order valence-electron chi connectivity index (χ4n) is 3.70. The van der Waals surface area contributed by atoms with E-state index < -0.39 is 0 Å². The third-order valence-electron chi connectivity index (χ3n) is 5.34. The summed E-state index contributed by atoms with van der Waals surface area (Å²) in [5, 5.41) is 10.3. The number of nitrogens with one attached hydrogen (secondary N) is 2. The average molecular weight is 334 g/mol. The molecule has 1 aromatic heterocycles. The summed E-state index contributed by atoms with van der Waals surface area (Å²) in [5.41, 5.74) is 1.59. The molecule has 7 nitrogen and oxygen atoms in total. The van der Waals surface area contributed by atoms with Gasteiger partial charge in [0, 0.05) is 49.8 Å². The fourth-order valence-corrected chi connectivity index (χ4v) is 3.70. The molecule has 3 fully saturated rings. The maximum atomic E-state index is 12.4. The van der Waals surface area contributed by atoms with E-state index >= 15 is 0 Å². The monoisotopic (exact) mass is 334 g/mol. The molecule has 1 amide bonds. The highest BCUT2D eigenvalue weighted by Gasteiger charge is 2.32. The van der Waals surface area contributed by atoms with E-state index in [1.54, 1.807) is 0 Å². The Morgan fingerprint density at radius 1 is 1.29 bits per heavy atom. The van der Waals surface area contributed by atoms with Gasteiger partial charge in [-0.15, -0.1) is 0 Å². The third-order valence-corrected chi connectivity index (χ3v) is 5.34. The minimum atomic E-state index is -0.0877. The van der Waals surface area contributed by atoms with Crippen molar-refractivity contribution < 1.29 is 14.3 Å². The van der Waals surface area contributed by atoms with E-state index in [4.69, 9.17) is 9.47 Å². The van der Waals surface area contributed by atoms with Crippen LogP contribution in [0, 0.1) is 5.92 Å². The van der Waals surface area contributed by atoms with Crippen LogP contribution in [0.25, 0.3) is 0 Å². The number of amides is 1. The topological polar surface area (TPSA) is 79.5 Å². The highest BCUT2D eigenvalue weighted by molar-refractivity contribution is 5.92. The van der Waals surface area contributed by atoms with Crippen molar-refractivity contribution in [2.45, 2.75) is 31.2 Å². The molecule has 4 rings (SSSR count). The van der Waals surface area contributed by atoms with E-state index in [1.807, 2.05) is 6.07 Å². The Morgan fingerprint density at radius 3 is 2.83 bits per heavy atom. The second-order valence-electron chi connectivity index (χ2n) is 7.03. The number of hydrogen-bond donors (Lipinski definition) is 2. The molecule has 0 spiro atoms. The van der Waals surface area contributed by atoms with Crippen LogP contribution in [0.3, 0.4) is 0 Å². The summed E-state index contributed by atoms with van der Waals surface area (Å²) >= 11 is 0. The van der Waals surface area contributed by atoms with Crippen LogP contribution in [-0.2, 0) is 9.47 Å². The van der Waals surface area contributed by atoms with Gasteiger partial charge in [0.15, 0.2) is 0 Å². The quantitative estimate of drug-likeness (QED) is 0.803. The molecule has 3 heterocycles. The van der Waals surface area contributed by atoms with E-state index in [0.29, 0.717) is 30.1 Å². The summed E-state index contributed by atoms with van der Waals surface area (Å²) in [6, 6.07) is 2.21. The maximum absolute atomic E-state index is 12.4. The van der Waals surface area contributed by atoms with Gasteiger partial charge in [-0.2, -0.15) is 5.10 Å². The van der Waals surface area contributed by atoms with Gasteiger partial charge in [0.2, 0.25) is 0 Å². The van der Waals surface area contributed by atoms with Crippen LogP contribution in [0.15, 0.2) is 6.07 Å². The molecule has 0 unspecified atom stereocenters. The van der Waals surface area contributed by atoms with Crippen molar-refractivity contribution in [2.75, 3.05) is 46.1 Å². The SMILES string of the molecule is O=C(NC[C@H]([C@@H]1CCOC1)N1CCOCC1)c1cc(C2CC2)[nH]n1. The van der Waals surface area contributed by atoms with Crippen molar-refractivity contribution in [3.05, 3.63) is 17.5 Å². The van der Waals surface area contributed by atoms with E-state index in [-0.39, 0.29) is 5.91 Å². The average Bonchev–Trinajstić information content (AvgIpc) is 3.12. The highest BCUT2D eigenvalue weighted by Crippen LogP contribution is 2.38. The first-order chi connectivity index (χ1) is 11.8. The molecule has 132 valence electrons. The number of ether oxygens (including phenoxy) is 2. The van der Waals surface area contributed by atoms with Crippen molar-refractivity contribution >= 4 is 5.91 Å². The summed E-state index contributed by atoms with van der Waals surface area (Å²) in [6.07, 6.45) is 3.46. The first kappa shape index (κ1) is 16.1. The maximum Gasteiger partial charge on any atom is 0.271 e. The normalized spacial score (nSPS) is 26.4. The zero-order chi connectivity index (χ0) is 16.4. The van der Waals surface area contributed by atoms with Gasteiger partial charge in [0.25, 0.3) is 5.91 Å². The number of aromatic nitrogens is 2. The summed E-state index contributed by atoms with van der Waals surface area (Å²) in [6.45, 7) is 5.62. The van der Waals surface area contributed by atoms with Crippen LogP contribution in [-0.4, -0.2) is 73.1 Å². The minimum absolute atomic E-state index is 0.0877. The molecule has 7 heteroatoms. The lowest BCUT2D eigenvalue weighted by atomic mass is 9.97. The number of carbonyl (C=O) groups excluding carboxylic acids is 1. The molecule has 2 N–H and O–H groups in total. The molecular weight excluding hydrogens is 308 g/mol. The van der Waals surface area contributed by atoms with Crippen LogP contribution in [0.4, 0.5) is 0 Å². The largest absolute Gasteiger partial charge is 0.381 e. The lowest BCUT2D eigenvalue weighted by Gasteiger charge is -2.37. The van der Waals surface area contributed by atoms with E-state index in [0.717, 1.165) is 51.6 Å². The van der Waals surface area contributed by atoms with Crippen molar-refractivity contribution in [3.63, 3.8) is 0 Å². The van der Waals surface area contributed by atoms with Gasteiger partial charge in [-0.25, -0.2) is 0 Å². The van der Waals surface area contributed by atoms with Crippen LogP contribution in [0.1, 0.15) is 41.4 Å². The van der Waals surface area contributed by atoms with Crippen LogP contribution in [0.2, 0.25) is 0 Å². The molecule has 2 aliphatic heterocycles. The molecule has 0 radical (unpaired) electrons. The molecule has 0 bridgehead atoms. The number of morpholine rings is 1. The van der Waals surface area contributed by atoms with Crippen molar-refractivity contribution in [3.8, 4) is 0 Å². The summed E-state index contributed by atoms with van der Waals surface area (Å²) in [4.78, 5) is 14.9. The van der Waals surface area contributed by atoms with Crippen molar-refractivity contribution in [2.24, 2.45) is 5.92 Å². The Hall–Kier alpha value is -1.44. The second-order valence-corrected chi connectivity index (χ2v) is 7.03. The van der Waals surface area contributed by atoms with E-state index in [1.165, 1.54) is 12.8 Å². The Morgan fingerprint density at radius 2 is 2.12 bits per heavy atom. The molecule has 1 aliphatic carbocycles. The van der Waals surface area contributed by atoms with Crippen molar-refractivity contribution in [1.82, 2.24) is 20.4 Å². The zero-order valence-corrected chi connectivity index (χ0v) is 14.0. The van der Waals surface area contributed by atoms with Gasteiger partial charge in [-0.05, 0) is 25.3 Å². The van der Waals surface area contributed by atoms with E-state index in [9.17, 15) is 4.79 Å². The molecule has 1 aromatic rings. The third kappa shape index (κ3) is 3.63. The second kappa shape index (κ2) is 7.21. The van der Waals surface area contributed by atoms with Crippen LogP contribution in [0.5, 0.6) is 0 Å². The summed E-state index contributed by atoms with van der Waals surface area (Å²) in [7, 11) is 0. The predicted molar refractivity (Wildman–Crippen MR) is 88.0 cm³/mol. The Bertz CT molecular complexity index is 560. The minimum Gasteiger partial charge on any atom is -0.381 e. The lowest BCUT2D eigenvalue weighted by molar-refractivity contribution is 0.00165. The van der Waals surface area contributed by atoms with Gasteiger partial charge < -0.3 is 14.8 Å². The van der Waals surface area contributed by atoms with Gasteiger partial charge >= 0.3 is 0 Å². The number of H-pyrrole nitrogens is 1. The smallest absolute Gasteiger partial charge is 0.271 e. The number of carbonyl (C=O) groups is 1. The molecule has 2 atom stereocenters. The first-order valence-corrected chi connectivity index (χ1v) is 9.04. The Labute approximate surface area is 142 Å². The summed E-state index contributed by atoms with van der Waals surface area (Å²) in [5.74, 6) is 0.968. The number of aromatic amines is 1. The molecule has 2 saturated heterocycles. The molecular formula is C17H26N4O3. The Kier molecular flexibility index (Phi) is 4.82. The van der Waals surface area contributed by atoms with Crippen LogP contribution < -0.4 is 5.32 Å². The molecule has 1 saturated carbocycles. The van der Waals surface area contributed by atoms with E-state index in [2.05, 4.69) is 20.4 Å².